The predicted molar refractivity (Wildman–Crippen MR) is 94.2 cm³/mol. The van der Waals surface area contributed by atoms with E-state index in [0.717, 1.165) is 31.6 Å². The zero-order valence-corrected chi connectivity index (χ0v) is 14.9. The summed E-state index contributed by atoms with van der Waals surface area (Å²) in [5.74, 6) is 0. The van der Waals surface area contributed by atoms with Crippen LogP contribution in [0.15, 0.2) is 46.0 Å². The molecule has 1 aromatic carbocycles. The van der Waals surface area contributed by atoms with Crippen LogP contribution >= 0.6 is 11.3 Å². The van der Waals surface area contributed by atoms with Crippen molar-refractivity contribution in [2.45, 2.75) is 24.8 Å². The number of thiophene rings is 1. The Labute approximate surface area is 142 Å². The molecule has 0 N–H and O–H groups in total. The van der Waals surface area contributed by atoms with E-state index in [1.807, 2.05) is 19.1 Å². The molecule has 1 aliphatic heterocycles. The molecule has 1 aromatic heterocycles. The summed E-state index contributed by atoms with van der Waals surface area (Å²) in [4.78, 5) is 2.74. The number of nitrogens with zero attached hydrogens (tertiary/aromatic N) is 2. The van der Waals surface area contributed by atoms with E-state index in [-0.39, 0.29) is 0 Å². The quantitative estimate of drug-likeness (QED) is 0.851. The molecule has 23 heavy (non-hydrogen) atoms. The largest absolute Gasteiger partial charge is 0.298 e. The molecule has 6 heteroatoms. The van der Waals surface area contributed by atoms with Gasteiger partial charge in [0.2, 0.25) is 10.0 Å². The maximum Gasteiger partial charge on any atom is 0.243 e. The third kappa shape index (κ3) is 4.01. The summed E-state index contributed by atoms with van der Waals surface area (Å²) in [6, 6.07) is 9.26. The number of rotatable bonds is 4. The molecule has 1 aliphatic rings. The standard InChI is InChI=1S/C17H22N2O2S2/c1-15-3-5-17(6-4-15)23(20,21)19-9-2-8-18(10-11-19)13-16-7-12-22-14-16/h3-7,12,14H,2,8-11,13H2,1H3. The molecule has 2 aromatic rings. The van der Waals surface area contributed by atoms with E-state index in [0.29, 0.717) is 18.0 Å². The lowest BCUT2D eigenvalue weighted by Gasteiger charge is -2.21. The molecule has 0 unspecified atom stereocenters. The number of hydrogen-bond acceptors (Lipinski definition) is 4. The van der Waals surface area contributed by atoms with Crippen LogP contribution in [0.4, 0.5) is 0 Å². The summed E-state index contributed by atoms with van der Waals surface area (Å²) in [6.07, 6.45) is 0.870. The van der Waals surface area contributed by atoms with Crippen LogP contribution in [-0.4, -0.2) is 43.8 Å². The van der Waals surface area contributed by atoms with E-state index in [4.69, 9.17) is 0 Å². The Bertz CT molecular complexity index is 724. The van der Waals surface area contributed by atoms with E-state index in [1.165, 1.54) is 5.56 Å². The second-order valence-electron chi connectivity index (χ2n) is 5.98. The minimum Gasteiger partial charge on any atom is -0.298 e. The first-order valence-corrected chi connectivity index (χ1v) is 10.2. The van der Waals surface area contributed by atoms with Gasteiger partial charge in [0.1, 0.15) is 0 Å². The van der Waals surface area contributed by atoms with Crippen molar-refractivity contribution in [1.82, 2.24) is 9.21 Å². The highest BCUT2D eigenvalue weighted by Gasteiger charge is 2.26. The lowest BCUT2D eigenvalue weighted by atomic mass is 10.2. The molecule has 3 rings (SSSR count). The van der Waals surface area contributed by atoms with Gasteiger partial charge in [0, 0.05) is 26.2 Å². The van der Waals surface area contributed by atoms with Crippen molar-refractivity contribution in [2.75, 3.05) is 26.2 Å². The molecule has 124 valence electrons. The minimum absolute atomic E-state index is 0.398. The van der Waals surface area contributed by atoms with Crippen LogP contribution in [0.3, 0.4) is 0 Å². The molecule has 0 atom stereocenters. The highest BCUT2D eigenvalue weighted by atomic mass is 32.2. The Balaban J connectivity index is 1.68. The predicted octanol–water partition coefficient (Wildman–Crippen LogP) is 2.95. The van der Waals surface area contributed by atoms with Gasteiger partial charge in [-0.3, -0.25) is 4.90 Å². The van der Waals surface area contributed by atoms with Crippen molar-refractivity contribution < 1.29 is 8.42 Å². The Kier molecular flexibility index (Phi) is 5.16. The first kappa shape index (κ1) is 16.6. The van der Waals surface area contributed by atoms with Crippen molar-refractivity contribution in [3.8, 4) is 0 Å². The third-order valence-electron chi connectivity index (χ3n) is 4.19. The molecule has 0 radical (unpaired) electrons. The summed E-state index contributed by atoms with van der Waals surface area (Å²) in [6.45, 7) is 5.74. The van der Waals surface area contributed by atoms with Gasteiger partial charge in [-0.1, -0.05) is 17.7 Å². The fraction of sp³-hybridized carbons (Fsp3) is 0.412. The second-order valence-corrected chi connectivity index (χ2v) is 8.70. The molecular formula is C17H22N2O2S2. The van der Waals surface area contributed by atoms with Crippen LogP contribution in [0, 0.1) is 6.92 Å². The van der Waals surface area contributed by atoms with Gasteiger partial charge in [-0.05, 0) is 54.4 Å². The number of sulfonamides is 1. The Morgan fingerprint density at radius 3 is 2.52 bits per heavy atom. The van der Waals surface area contributed by atoms with Gasteiger partial charge in [-0.25, -0.2) is 8.42 Å². The first-order valence-electron chi connectivity index (χ1n) is 7.86. The topological polar surface area (TPSA) is 40.6 Å². The average Bonchev–Trinajstić information content (AvgIpc) is 2.91. The van der Waals surface area contributed by atoms with Crippen molar-refractivity contribution in [2.24, 2.45) is 0 Å². The smallest absolute Gasteiger partial charge is 0.243 e. The fourth-order valence-electron chi connectivity index (χ4n) is 2.85. The van der Waals surface area contributed by atoms with Crippen molar-refractivity contribution in [3.63, 3.8) is 0 Å². The molecule has 0 aliphatic carbocycles. The fourth-order valence-corrected chi connectivity index (χ4v) is 4.98. The lowest BCUT2D eigenvalue weighted by molar-refractivity contribution is 0.279. The summed E-state index contributed by atoms with van der Waals surface area (Å²) in [5.41, 5.74) is 2.38. The lowest BCUT2D eigenvalue weighted by Crippen LogP contribution is -2.35. The minimum atomic E-state index is -3.38. The summed E-state index contributed by atoms with van der Waals surface area (Å²) >= 11 is 1.70. The van der Waals surface area contributed by atoms with Gasteiger partial charge in [0.15, 0.2) is 0 Å². The monoisotopic (exact) mass is 350 g/mol. The van der Waals surface area contributed by atoms with E-state index in [1.54, 1.807) is 27.8 Å². The normalized spacial score (nSPS) is 18.0. The van der Waals surface area contributed by atoms with Gasteiger partial charge in [-0.15, -0.1) is 0 Å². The van der Waals surface area contributed by atoms with Gasteiger partial charge in [-0.2, -0.15) is 15.6 Å². The van der Waals surface area contributed by atoms with Crippen LogP contribution in [0.25, 0.3) is 0 Å². The molecular weight excluding hydrogens is 328 g/mol. The molecule has 0 saturated carbocycles. The maximum absolute atomic E-state index is 12.8. The summed E-state index contributed by atoms with van der Waals surface area (Å²) in [5, 5.41) is 4.24. The number of benzene rings is 1. The van der Waals surface area contributed by atoms with Crippen LogP contribution in [0.2, 0.25) is 0 Å². The molecule has 0 amide bonds. The van der Waals surface area contributed by atoms with Crippen molar-refractivity contribution >= 4 is 21.4 Å². The number of hydrogen-bond donors (Lipinski definition) is 0. The van der Waals surface area contributed by atoms with Crippen LogP contribution in [0.5, 0.6) is 0 Å². The van der Waals surface area contributed by atoms with E-state index < -0.39 is 10.0 Å². The van der Waals surface area contributed by atoms with Crippen LogP contribution < -0.4 is 0 Å². The van der Waals surface area contributed by atoms with Gasteiger partial charge < -0.3 is 0 Å². The van der Waals surface area contributed by atoms with Gasteiger partial charge >= 0.3 is 0 Å². The first-order chi connectivity index (χ1) is 11.1. The molecule has 1 saturated heterocycles. The SMILES string of the molecule is Cc1ccc(S(=O)(=O)N2CCCN(Cc3ccsc3)CC2)cc1. The molecule has 4 nitrogen and oxygen atoms in total. The molecule has 0 bridgehead atoms. The Morgan fingerprint density at radius 1 is 1.04 bits per heavy atom. The van der Waals surface area contributed by atoms with Crippen molar-refractivity contribution in [1.29, 1.82) is 0 Å². The average molecular weight is 351 g/mol. The van der Waals surface area contributed by atoms with Crippen LogP contribution in [0.1, 0.15) is 17.5 Å². The maximum atomic E-state index is 12.8. The molecule has 2 heterocycles. The van der Waals surface area contributed by atoms with E-state index in [9.17, 15) is 8.42 Å². The highest BCUT2D eigenvalue weighted by molar-refractivity contribution is 7.89. The molecule has 0 spiro atoms. The Morgan fingerprint density at radius 2 is 1.83 bits per heavy atom. The summed E-state index contributed by atoms with van der Waals surface area (Å²) < 4.78 is 27.2. The van der Waals surface area contributed by atoms with E-state index in [2.05, 4.69) is 21.7 Å². The Hall–Kier alpha value is -1.21. The third-order valence-corrected chi connectivity index (χ3v) is 6.84. The zero-order valence-electron chi connectivity index (χ0n) is 13.3. The summed E-state index contributed by atoms with van der Waals surface area (Å²) in [7, 11) is -3.38. The second kappa shape index (κ2) is 7.13. The van der Waals surface area contributed by atoms with Gasteiger partial charge in [0.25, 0.3) is 0 Å². The van der Waals surface area contributed by atoms with Crippen LogP contribution in [-0.2, 0) is 16.6 Å². The van der Waals surface area contributed by atoms with Crippen molar-refractivity contribution in [3.05, 3.63) is 52.2 Å². The zero-order chi connectivity index (χ0) is 16.3. The van der Waals surface area contributed by atoms with Gasteiger partial charge in [0.05, 0.1) is 4.90 Å². The van der Waals surface area contributed by atoms with E-state index >= 15 is 0 Å². The number of aryl methyl sites for hydroxylation is 1. The highest BCUT2D eigenvalue weighted by Crippen LogP contribution is 2.19. The molecule has 1 fully saturated rings.